The van der Waals surface area contributed by atoms with Crippen molar-refractivity contribution in [1.29, 1.82) is 0 Å². The molecule has 0 bridgehead atoms. The number of rotatable bonds is 4. The molecule has 1 aliphatic rings. The van der Waals surface area contributed by atoms with Crippen molar-refractivity contribution in [3.63, 3.8) is 0 Å². The van der Waals surface area contributed by atoms with Gasteiger partial charge in [0.1, 0.15) is 0 Å². The third-order valence-corrected chi connectivity index (χ3v) is 7.83. The zero-order valence-corrected chi connectivity index (χ0v) is 17.8. The third kappa shape index (κ3) is 3.16. The minimum atomic E-state index is 0.797. The summed E-state index contributed by atoms with van der Waals surface area (Å²) in [4.78, 5) is 1.54. The molecule has 1 atom stereocenters. The zero-order chi connectivity index (χ0) is 19.1. The van der Waals surface area contributed by atoms with Crippen LogP contribution in [0.15, 0.2) is 53.0 Å². The van der Waals surface area contributed by atoms with Gasteiger partial charge in [-0.3, -0.25) is 0 Å². The second-order valence-electron chi connectivity index (χ2n) is 7.69. The first-order valence-electron chi connectivity index (χ1n) is 9.79. The number of hydrogen-bond acceptors (Lipinski definition) is 4. The van der Waals surface area contributed by atoms with Gasteiger partial charge in [0.25, 0.3) is 0 Å². The van der Waals surface area contributed by atoms with E-state index in [4.69, 9.17) is 0 Å². The van der Waals surface area contributed by atoms with Gasteiger partial charge in [-0.15, -0.1) is 21.5 Å². The second kappa shape index (κ2) is 7.37. The number of nitrogens with zero attached hydrogens (tertiary/aromatic N) is 3. The number of thiophene rings is 1. The molecule has 28 heavy (non-hydrogen) atoms. The zero-order valence-electron chi connectivity index (χ0n) is 16.2. The molecule has 4 aromatic rings. The van der Waals surface area contributed by atoms with E-state index in [0.717, 1.165) is 22.7 Å². The van der Waals surface area contributed by atoms with Crippen LogP contribution in [0, 0.1) is 5.92 Å². The summed E-state index contributed by atoms with van der Waals surface area (Å²) in [5.74, 6) is 2.70. The predicted molar refractivity (Wildman–Crippen MR) is 119 cm³/mol. The van der Waals surface area contributed by atoms with Gasteiger partial charge < -0.3 is 4.57 Å². The van der Waals surface area contributed by atoms with E-state index in [9.17, 15) is 0 Å². The molecule has 0 N–H and O–H groups in total. The minimum Gasteiger partial charge on any atom is -0.305 e. The van der Waals surface area contributed by atoms with Crippen LogP contribution in [0.4, 0.5) is 0 Å². The predicted octanol–water partition coefficient (Wildman–Crippen LogP) is 6.11. The van der Waals surface area contributed by atoms with E-state index in [0.29, 0.717) is 0 Å². The van der Waals surface area contributed by atoms with Gasteiger partial charge in [-0.25, -0.2) is 0 Å². The highest BCUT2D eigenvalue weighted by Gasteiger charge is 2.23. The lowest BCUT2D eigenvalue weighted by atomic mass is 9.88. The molecular formula is C23H23N3S2. The van der Waals surface area contributed by atoms with Crippen molar-refractivity contribution in [2.24, 2.45) is 13.0 Å². The molecule has 2 aromatic heterocycles. The van der Waals surface area contributed by atoms with Crippen molar-refractivity contribution in [3.05, 3.63) is 63.8 Å². The fourth-order valence-electron chi connectivity index (χ4n) is 4.10. The van der Waals surface area contributed by atoms with Crippen molar-refractivity contribution < 1.29 is 0 Å². The van der Waals surface area contributed by atoms with Gasteiger partial charge in [-0.1, -0.05) is 61.2 Å². The summed E-state index contributed by atoms with van der Waals surface area (Å²) in [7, 11) is 2.09. The molecule has 0 fully saturated rings. The molecule has 0 aliphatic heterocycles. The van der Waals surface area contributed by atoms with Crippen molar-refractivity contribution >= 4 is 33.9 Å². The van der Waals surface area contributed by atoms with Crippen LogP contribution in [0.3, 0.4) is 0 Å². The Morgan fingerprint density at radius 1 is 1.14 bits per heavy atom. The fourth-order valence-corrected chi connectivity index (χ4v) is 6.26. The van der Waals surface area contributed by atoms with E-state index in [1.165, 1.54) is 46.7 Å². The summed E-state index contributed by atoms with van der Waals surface area (Å²) >= 11 is 3.66. The van der Waals surface area contributed by atoms with Crippen LogP contribution in [0.1, 0.15) is 29.3 Å². The molecule has 0 saturated carbocycles. The Labute approximate surface area is 173 Å². The van der Waals surface area contributed by atoms with Gasteiger partial charge in [-0.05, 0) is 47.1 Å². The molecule has 5 heteroatoms. The van der Waals surface area contributed by atoms with Crippen molar-refractivity contribution in [2.75, 3.05) is 0 Å². The third-order valence-electron chi connectivity index (χ3n) is 5.71. The van der Waals surface area contributed by atoms with Crippen LogP contribution in [0.2, 0.25) is 0 Å². The van der Waals surface area contributed by atoms with Crippen LogP contribution in [0.5, 0.6) is 0 Å². The summed E-state index contributed by atoms with van der Waals surface area (Å²) < 4.78 is 2.16. The normalized spacial score (nSPS) is 16.4. The average molecular weight is 406 g/mol. The highest BCUT2D eigenvalue weighted by atomic mass is 32.2. The van der Waals surface area contributed by atoms with Gasteiger partial charge in [0, 0.05) is 28.6 Å². The van der Waals surface area contributed by atoms with E-state index < -0.39 is 0 Å². The highest BCUT2D eigenvalue weighted by molar-refractivity contribution is 7.98. The fraction of sp³-hybridized carbons (Fsp3) is 0.304. The summed E-state index contributed by atoms with van der Waals surface area (Å²) in [5.41, 5.74) is 4.14. The van der Waals surface area contributed by atoms with Crippen LogP contribution in [-0.2, 0) is 25.6 Å². The van der Waals surface area contributed by atoms with Gasteiger partial charge in [0.15, 0.2) is 11.0 Å². The molecule has 0 spiro atoms. The van der Waals surface area contributed by atoms with Crippen LogP contribution in [0.25, 0.3) is 22.2 Å². The average Bonchev–Trinajstić information content (AvgIpc) is 3.29. The SMILES string of the molecule is CC1CCc2c(-c3nnc(SCc4cccc5ccccc45)n3C)csc2C1. The maximum atomic E-state index is 4.56. The number of fused-ring (bicyclic) bond motifs is 2. The lowest BCUT2D eigenvalue weighted by Gasteiger charge is -2.18. The molecule has 2 aromatic carbocycles. The number of hydrogen-bond donors (Lipinski definition) is 0. The first kappa shape index (κ1) is 18.0. The maximum Gasteiger partial charge on any atom is 0.191 e. The van der Waals surface area contributed by atoms with E-state index in [2.05, 4.69) is 76.6 Å². The first-order chi connectivity index (χ1) is 13.7. The number of thioether (sulfide) groups is 1. The summed E-state index contributed by atoms with van der Waals surface area (Å²) in [6.07, 6.45) is 3.65. The standard InChI is InChI=1S/C23H23N3S2/c1-15-10-11-19-20(14-27-21(19)12-15)22-24-25-23(26(22)2)28-13-17-8-5-7-16-6-3-4-9-18(16)17/h3-9,14-15H,10-13H2,1-2H3. The highest BCUT2D eigenvalue weighted by Crippen LogP contribution is 2.38. The molecule has 0 radical (unpaired) electrons. The summed E-state index contributed by atoms with van der Waals surface area (Å²) in [5, 5.41) is 14.9. The van der Waals surface area contributed by atoms with Crippen LogP contribution in [-0.4, -0.2) is 14.8 Å². The molecular weight excluding hydrogens is 382 g/mol. The molecule has 0 saturated heterocycles. The molecule has 0 amide bonds. The Balaban J connectivity index is 1.41. The molecule has 2 heterocycles. The quantitative estimate of drug-likeness (QED) is 0.384. The van der Waals surface area contributed by atoms with E-state index in [1.54, 1.807) is 16.6 Å². The van der Waals surface area contributed by atoms with Crippen molar-refractivity contribution in [3.8, 4) is 11.4 Å². The summed E-state index contributed by atoms with van der Waals surface area (Å²) in [6, 6.07) is 15.1. The Morgan fingerprint density at radius 2 is 2.00 bits per heavy atom. The Morgan fingerprint density at radius 3 is 2.93 bits per heavy atom. The van der Waals surface area contributed by atoms with E-state index >= 15 is 0 Å². The summed E-state index contributed by atoms with van der Waals surface area (Å²) in [6.45, 7) is 2.35. The second-order valence-corrected chi connectivity index (χ2v) is 9.60. The largest absolute Gasteiger partial charge is 0.305 e. The van der Waals surface area contributed by atoms with Gasteiger partial charge in [0.2, 0.25) is 0 Å². The van der Waals surface area contributed by atoms with Crippen molar-refractivity contribution in [2.45, 2.75) is 37.1 Å². The molecule has 142 valence electrons. The van der Waals surface area contributed by atoms with Gasteiger partial charge in [-0.2, -0.15) is 0 Å². The van der Waals surface area contributed by atoms with Crippen molar-refractivity contribution in [1.82, 2.24) is 14.8 Å². The van der Waals surface area contributed by atoms with Gasteiger partial charge in [0.05, 0.1) is 0 Å². The van der Waals surface area contributed by atoms with Crippen LogP contribution >= 0.6 is 23.1 Å². The minimum absolute atomic E-state index is 0.797. The van der Waals surface area contributed by atoms with Gasteiger partial charge >= 0.3 is 0 Å². The molecule has 5 rings (SSSR count). The van der Waals surface area contributed by atoms with Crippen LogP contribution < -0.4 is 0 Å². The molecule has 1 aliphatic carbocycles. The molecule has 1 unspecified atom stereocenters. The Kier molecular flexibility index (Phi) is 4.73. The lowest BCUT2D eigenvalue weighted by molar-refractivity contribution is 0.508. The monoisotopic (exact) mass is 405 g/mol. The Bertz CT molecular complexity index is 1140. The molecule has 3 nitrogen and oxygen atoms in total. The van der Waals surface area contributed by atoms with E-state index in [-0.39, 0.29) is 0 Å². The van der Waals surface area contributed by atoms with E-state index in [1.807, 2.05) is 11.3 Å². The topological polar surface area (TPSA) is 30.7 Å². The maximum absolute atomic E-state index is 4.56. The number of benzene rings is 2. The first-order valence-corrected chi connectivity index (χ1v) is 11.7. The smallest absolute Gasteiger partial charge is 0.191 e. The lowest BCUT2D eigenvalue weighted by Crippen LogP contribution is -2.09. The number of aromatic nitrogens is 3. The Hall–Kier alpha value is -2.11.